The summed E-state index contributed by atoms with van der Waals surface area (Å²) in [7, 11) is 0. The maximum atomic E-state index is 11.4. The van der Waals surface area contributed by atoms with E-state index in [4.69, 9.17) is 5.11 Å². The third kappa shape index (κ3) is 2.45. The SMILES string of the molecule is CC(C)[C@@H](C(=O)O)N1CCC(=O)NC1=O. The van der Waals surface area contributed by atoms with Crippen LogP contribution in [0.4, 0.5) is 4.79 Å². The first-order chi connectivity index (χ1) is 6.93. The molecule has 1 rings (SSSR count). The molecule has 2 N–H and O–H groups in total. The molecule has 1 heterocycles. The first kappa shape index (κ1) is 11.5. The van der Waals surface area contributed by atoms with Crippen LogP contribution < -0.4 is 5.32 Å². The van der Waals surface area contributed by atoms with Crippen LogP contribution in [-0.4, -0.2) is 40.5 Å². The quantitative estimate of drug-likeness (QED) is 0.694. The predicted molar refractivity (Wildman–Crippen MR) is 51.1 cm³/mol. The first-order valence-corrected chi connectivity index (χ1v) is 4.76. The lowest BCUT2D eigenvalue weighted by atomic mass is 10.0. The maximum absolute atomic E-state index is 11.4. The maximum Gasteiger partial charge on any atom is 0.326 e. The Bertz CT molecular complexity index is 300. The molecular formula is C9H14N2O4. The standard InChI is InChI=1S/C9H14N2O4/c1-5(2)7(8(13)14)11-4-3-6(12)10-9(11)15/h5,7H,3-4H2,1-2H3,(H,13,14)(H,10,12,15)/t7-/m0/s1. The van der Waals surface area contributed by atoms with Gasteiger partial charge >= 0.3 is 12.0 Å². The summed E-state index contributed by atoms with van der Waals surface area (Å²) in [5, 5.41) is 11.1. The van der Waals surface area contributed by atoms with Crippen LogP contribution in [0.5, 0.6) is 0 Å². The third-order valence-corrected chi connectivity index (χ3v) is 2.31. The van der Waals surface area contributed by atoms with E-state index >= 15 is 0 Å². The van der Waals surface area contributed by atoms with Crippen molar-refractivity contribution in [2.45, 2.75) is 26.3 Å². The fraction of sp³-hybridized carbons (Fsp3) is 0.667. The summed E-state index contributed by atoms with van der Waals surface area (Å²) < 4.78 is 0. The Balaban J connectivity index is 2.80. The lowest BCUT2D eigenvalue weighted by Crippen LogP contribution is -2.57. The molecule has 0 saturated carbocycles. The van der Waals surface area contributed by atoms with Crippen molar-refractivity contribution in [3.63, 3.8) is 0 Å². The Morgan fingerprint density at radius 2 is 2.07 bits per heavy atom. The van der Waals surface area contributed by atoms with Gasteiger partial charge < -0.3 is 10.0 Å². The highest BCUT2D eigenvalue weighted by atomic mass is 16.4. The second kappa shape index (κ2) is 4.29. The van der Waals surface area contributed by atoms with Gasteiger partial charge in [0.1, 0.15) is 6.04 Å². The normalized spacial score (nSPS) is 19.0. The van der Waals surface area contributed by atoms with Crippen molar-refractivity contribution >= 4 is 17.9 Å². The van der Waals surface area contributed by atoms with Gasteiger partial charge in [0.25, 0.3) is 0 Å². The van der Waals surface area contributed by atoms with E-state index in [2.05, 4.69) is 5.32 Å². The zero-order valence-corrected chi connectivity index (χ0v) is 8.69. The molecule has 15 heavy (non-hydrogen) atoms. The van der Waals surface area contributed by atoms with Crippen molar-refractivity contribution in [3.8, 4) is 0 Å². The Labute approximate surface area is 87.2 Å². The van der Waals surface area contributed by atoms with Crippen molar-refractivity contribution in [3.05, 3.63) is 0 Å². The number of carbonyl (C=O) groups is 3. The topological polar surface area (TPSA) is 86.7 Å². The molecule has 0 aromatic heterocycles. The number of carboxylic acid groups (broad SMARTS) is 1. The van der Waals surface area contributed by atoms with Gasteiger partial charge in [-0.2, -0.15) is 0 Å². The fourth-order valence-electron chi connectivity index (χ4n) is 1.62. The molecule has 6 nitrogen and oxygen atoms in total. The molecule has 0 radical (unpaired) electrons. The van der Waals surface area contributed by atoms with Crippen LogP contribution >= 0.6 is 0 Å². The Morgan fingerprint density at radius 1 is 1.47 bits per heavy atom. The van der Waals surface area contributed by atoms with E-state index in [1.54, 1.807) is 13.8 Å². The van der Waals surface area contributed by atoms with Gasteiger partial charge in [-0.3, -0.25) is 10.1 Å². The number of hydrogen-bond donors (Lipinski definition) is 2. The van der Waals surface area contributed by atoms with Crippen LogP contribution in [0.15, 0.2) is 0 Å². The van der Waals surface area contributed by atoms with Crippen molar-refractivity contribution in [1.82, 2.24) is 10.2 Å². The van der Waals surface area contributed by atoms with Gasteiger partial charge in [-0.1, -0.05) is 13.8 Å². The van der Waals surface area contributed by atoms with Crippen molar-refractivity contribution in [2.75, 3.05) is 6.54 Å². The fourth-order valence-corrected chi connectivity index (χ4v) is 1.62. The molecule has 0 aromatic carbocycles. The first-order valence-electron chi connectivity index (χ1n) is 4.76. The molecule has 3 amide bonds. The van der Waals surface area contributed by atoms with Crippen LogP contribution in [0.2, 0.25) is 0 Å². The van der Waals surface area contributed by atoms with Crippen LogP contribution in [0.1, 0.15) is 20.3 Å². The lowest BCUT2D eigenvalue weighted by Gasteiger charge is -2.33. The molecular weight excluding hydrogens is 200 g/mol. The summed E-state index contributed by atoms with van der Waals surface area (Å²) in [4.78, 5) is 34.4. The predicted octanol–water partition coefficient (Wildman–Crippen LogP) is 0.0375. The number of nitrogens with one attached hydrogen (secondary N) is 1. The lowest BCUT2D eigenvalue weighted by molar-refractivity contribution is -0.144. The van der Waals surface area contributed by atoms with Gasteiger partial charge in [-0.15, -0.1) is 0 Å². The number of carboxylic acids is 1. The molecule has 1 atom stereocenters. The molecule has 0 aliphatic carbocycles. The number of aliphatic carboxylic acids is 1. The zero-order chi connectivity index (χ0) is 11.6. The molecule has 0 aromatic rings. The number of rotatable bonds is 3. The summed E-state index contributed by atoms with van der Waals surface area (Å²) in [6.07, 6.45) is 0.155. The Morgan fingerprint density at radius 3 is 2.47 bits per heavy atom. The minimum absolute atomic E-state index is 0.155. The van der Waals surface area contributed by atoms with E-state index in [0.717, 1.165) is 0 Å². The second-order valence-electron chi connectivity index (χ2n) is 3.82. The van der Waals surface area contributed by atoms with Crippen LogP contribution in [-0.2, 0) is 9.59 Å². The summed E-state index contributed by atoms with van der Waals surface area (Å²) in [6.45, 7) is 3.62. The van der Waals surface area contributed by atoms with Crippen LogP contribution in [0.3, 0.4) is 0 Å². The van der Waals surface area contributed by atoms with E-state index in [-0.39, 0.29) is 24.8 Å². The van der Waals surface area contributed by atoms with Gasteiger partial charge in [0, 0.05) is 13.0 Å². The highest BCUT2D eigenvalue weighted by molar-refractivity contribution is 5.98. The number of hydrogen-bond acceptors (Lipinski definition) is 3. The Hall–Kier alpha value is -1.59. The highest BCUT2D eigenvalue weighted by Gasteiger charge is 2.35. The molecule has 1 fully saturated rings. The number of nitrogens with zero attached hydrogens (tertiary/aromatic N) is 1. The summed E-state index contributed by atoms with van der Waals surface area (Å²) in [5.41, 5.74) is 0. The summed E-state index contributed by atoms with van der Waals surface area (Å²) in [6, 6.07) is -1.49. The molecule has 84 valence electrons. The molecule has 0 bridgehead atoms. The van der Waals surface area contributed by atoms with E-state index < -0.39 is 18.0 Å². The number of amides is 3. The third-order valence-electron chi connectivity index (χ3n) is 2.31. The van der Waals surface area contributed by atoms with Crippen LogP contribution in [0, 0.1) is 5.92 Å². The van der Waals surface area contributed by atoms with Gasteiger partial charge in [-0.25, -0.2) is 9.59 Å². The minimum atomic E-state index is -1.05. The summed E-state index contributed by atoms with van der Waals surface area (Å²) in [5.74, 6) is -1.60. The molecule has 1 aliphatic rings. The molecule has 6 heteroatoms. The van der Waals surface area contributed by atoms with Gasteiger partial charge in [0.05, 0.1) is 0 Å². The van der Waals surface area contributed by atoms with Gasteiger partial charge in [0.2, 0.25) is 5.91 Å². The number of imide groups is 1. The molecule has 0 spiro atoms. The smallest absolute Gasteiger partial charge is 0.326 e. The average molecular weight is 214 g/mol. The number of carbonyl (C=O) groups excluding carboxylic acids is 2. The van der Waals surface area contributed by atoms with Crippen molar-refractivity contribution in [2.24, 2.45) is 5.92 Å². The molecule has 1 saturated heterocycles. The summed E-state index contributed by atoms with van der Waals surface area (Å²) >= 11 is 0. The minimum Gasteiger partial charge on any atom is -0.480 e. The average Bonchev–Trinajstić information content (AvgIpc) is 2.08. The van der Waals surface area contributed by atoms with Gasteiger partial charge in [-0.05, 0) is 5.92 Å². The largest absolute Gasteiger partial charge is 0.480 e. The molecule has 1 aliphatic heterocycles. The van der Waals surface area contributed by atoms with E-state index in [9.17, 15) is 14.4 Å². The van der Waals surface area contributed by atoms with E-state index in [1.807, 2.05) is 0 Å². The van der Waals surface area contributed by atoms with E-state index in [0.29, 0.717) is 0 Å². The van der Waals surface area contributed by atoms with Crippen molar-refractivity contribution < 1.29 is 19.5 Å². The van der Waals surface area contributed by atoms with Crippen molar-refractivity contribution in [1.29, 1.82) is 0 Å². The number of urea groups is 1. The zero-order valence-electron chi connectivity index (χ0n) is 8.69. The van der Waals surface area contributed by atoms with Crippen LogP contribution in [0.25, 0.3) is 0 Å². The highest BCUT2D eigenvalue weighted by Crippen LogP contribution is 2.14. The van der Waals surface area contributed by atoms with E-state index in [1.165, 1.54) is 4.90 Å². The van der Waals surface area contributed by atoms with Gasteiger partial charge in [0.15, 0.2) is 0 Å². The second-order valence-corrected chi connectivity index (χ2v) is 3.82. The monoisotopic (exact) mass is 214 g/mol. The Kier molecular flexibility index (Phi) is 3.28. The molecule has 0 unspecified atom stereocenters.